The highest BCUT2D eigenvalue weighted by Gasteiger charge is 1.95. The Labute approximate surface area is 71.5 Å². The molecule has 0 aromatic carbocycles. The van der Waals surface area contributed by atoms with E-state index >= 15 is 0 Å². The average Bonchev–Trinajstić information content (AvgIpc) is 2.39. The van der Waals surface area contributed by atoms with Gasteiger partial charge in [0, 0.05) is 0 Å². The van der Waals surface area contributed by atoms with Crippen LogP contribution in [0.4, 0.5) is 0 Å². The molecule has 3 nitrogen and oxygen atoms in total. The van der Waals surface area contributed by atoms with Gasteiger partial charge in [0.2, 0.25) is 0 Å². The van der Waals surface area contributed by atoms with Gasteiger partial charge in [0.15, 0.2) is 0 Å². The van der Waals surface area contributed by atoms with Crippen molar-refractivity contribution in [3.63, 3.8) is 0 Å². The molecule has 5 heteroatoms. The minimum atomic E-state index is -2.12. The van der Waals surface area contributed by atoms with Crippen molar-refractivity contribution >= 4 is 22.7 Å². The Bertz CT molecular complexity index is 220. The van der Waals surface area contributed by atoms with Crippen LogP contribution >= 0.6 is 11.3 Å². The maximum Gasteiger partial charge on any atom is 0.301 e. The summed E-state index contributed by atoms with van der Waals surface area (Å²) < 4.78 is 22.7. The molecule has 0 spiro atoms. The summed E-state index contributed by atoms with van der Waals surface area (Å²) >= 11 is -0.519. The van der Waals surface area contributed by atoms with Crippen LogP contribution in [0.25, 0.3) is 0 Å². The van der Waals surface area contributed by atoms with Crippen molar-refractivity contribution in [3.05, 3.63) is 22.4 Å². The zero-order valence-corrected chi connectivity index (χ0v) is 7.36. The maximum absolute atomic E-state index is 10.0. The first kappa shape index (κ1) is 8.86. The van der Waals surface area contributed by atoms with Crippen molar-refractivity contribution in [1.82, 2.24) is 0 Å². The molecular formula is C6H8O3S2. The zero-order valence-electron chi connectivity index (χ0n) is 5.73. The van der Waals surface area contributed by atoms with E-state index in [0.29, 0.717) is 13.0 Å². The summed E-state index contributed by atoms with van der Waals surface area (Å²) in [6.45, 7) is 0.292. The summed E-state index contributed by atoms with van der Waals surface area (Å²) in [5.41, 5.74) is 1.14. The SMILES string of the molecule is O=S(O)OCCc1ccsc1. The fourth-order valence-electron chi connectivity index (χ4n) is 0.666. The van der Waals surface area contributed by atoms with Crippen molar-refractivity contribution in [2.45, 2.75) is 6.42 Å². The first-order valence-corrected chi connectivity index (χ1v) is 5.01. The van der Waals surface area contributed by atoms with Crippen molar-refractivity contribution < 1.29 is 12.9 Å². The quantitative estimate of drug-likeness (QED) is 0.734. The fraction of sp³-hybridized carbons (Fsp3) is 0.333. The van der Waals surface area contributed by atoms with E-state index in [1.807, 2.05) is 16.8 Å². The molecule has 0 radical (unpaired) electrons. The Hall–Kier alpha value is -0.230. The van der Waals surface area contributed by atoms with E-state index in [1.54, 1.807) is 11.3 Å². The summed E-state index contributed by atoms with van der Waals surface area (Å²) in [4.78, 5) is 0. The summed E-state index contributed by atoms with van der Waals surface area (Å²) in [5.74, 6) is 0. The van der Waals surface area contributed by atoms with Gasteiger partial charge in [-0.05, 0) is 28.8 Å². The highest BCUT2D eigenvalue weighted by atomic mass is 32.2. The zero-order chi connectivity index (χ0) is 8.10. The molecule has 1 heterocycles. The second-order valence-electron chi connectivity index (χ2n) is 1.92. The van der Waals surface area contributed by atoms with Gasteiger partial charge in [0.1, 0.15) is 0 Å². The lowest BCUT2D eigenvalue weighted by Gasteiger charge is -1.95. The third kappa shape index (κ3) is 3.62. The molecule has 0 aliphatic heterocycles. The predicted octanol–water partition coefficient (Wildman–Crippen LogP) is 1.44. The third-order valence-corrected chi connectivity index (χ3v) is 2.26. The molecule has 1 aromatic heterocycles. The van der Waals surface area contributed by atoms with Gasteiger partial charge in [-0.2, -0.15) is 15.5 Å². The molecule has 1 rings (SSSR count). The molecule has 0 fully saturated rings. The molecule has 0 amide bonds. The van der Waals surface area contributed by atoms with Crippen LogP contribution in [0.5, 0.6) is 0 Å². The van der Waals surface area contributed by atoms with Gasteiger partial charge < -0.3 is 0 Å². The van der Waals surface area contributed by atoms with Crippen molar-refractivity contribution in [1.29, 1.82) is 0 Å². The molecule has 1 unspecified atom stereocenters. The van der Waals surface area contributed by atoms with Crippen LogP contribution in [0.3, 0.4) is 0 Å². The molecule has 11 heavy (non-hydrogen) atoms. The van der Waals surface area contributed by atoms with Gasteiger partial charge in [-0.3, -0.25) is 8.74 Å². The number of hydrogen-bond donors (Lipinski definition) is 1. The topological polar surface area (TPSA) is 46.5 Å². The standard InChI is InChI=1S/C6H8O3S2/c7-11(8)9-3-1-6-2-4-10-5-6/h2,4-5H,1,3H2,(H,7,8). The van der Waals surface area contributed by atoms with Crippen LogP contribution in [0, 0.1) is 0 Å². The Morgan fingerprint density at radius 2 is 2.55 bits per heavy atom. The molecule has 1 aromatic rings. The Morgan fingerprint density at radius 1 is 1.73 bits per heavy atom. The minimum absolute atomic E-state index is 0.292. The number of thiophene rings is 1. The predicted molar refractivity (Wildman–Crippen MR) is 44.7 cm³/mol. The van der Waals surface area contributed by atoms with Gasteiger partial charge in [0.25, 0.3) is 0 Å². The Morgan fingerprint density at radius 3 is 3.09 bits per heavy atom. The van der Waals surface area contributed by atoms with E-state index in [2.05, 4.69) is 4.18 Å². The smallest absolute Gasteiger partial charge is 0.284 e. The average molecular weight is 192 g/mol. The molecule has 0 saturated heterocycles. The maximum atomic E-state index is 10.0. The molecule has 62 valence electrons. The van der Waals surface area contributed by atoms with E-state index in [0.717, 1.165) is 5.56 Å². The first-order valence-electron chi connectivity index (χ1n) is 3.04. The van der Waals surface area contributed by atoms with Crippen LogP contribution in [0.1, 0.15) is 5.56 Å². The van der Waals surface area contributed by atoms with Gasteiger partial charge >= 0.3 is 11.4 Å². The van der Waals surface area contributed by atoms with E-state index in [1.165, 1.54) is 0 Å². The van der Waals surface area contributed by atoms with Crippen LogP contribution in [0.2, 0.25) is 0 Å². The lowest BCUT2D eigenvalue weighted by molar-refractivity contribution is 0.311. The van der Waals surface area contributed by atoms with E-state index in [4.69, 9.17) is 4.55 Å². The highest BCUT2D eigenvalue weighted by molar-refractivity contribution is 7.74. The number of hydrogen-bond acceptors (Lipinski definition) is 3. The van der Waals surface area contributed by atoms with Crippen molar-refractivity contribution in [2.75, 3.05) is 6.61 Å². The fourth-order valence-corrected chi connectivity index (χ4v) is 1.59. The van der Waals surface area contributed by atoms with E-state index in [-0.39, 0.29) is 0 Å². The molecule has 0 bridgehead atoms. The summed E-state index contributed by atoms with van der Waals surface area (Å²) in [6, 6.07) is 1.97. The van der Waals surface area contributed by atoms with Crippen molar-refractivity contribution in [2.24, 2.45) is 0 Å². The van der Waals surface area contributed by atoms with Crippen LogP contribution in [-0.2, 0) is 22.0 Å². The highest BCUT2D eigenvalue weighted by Crippen LogP contribution is 2.06. The summed E-state index contributed by atoms with van der Waals surface area (Å²) in [5, 5.41) is 3.95. The van der Waals surface area contributed by atoms with Crippen molar-refractivity contribution in [3.8, 4) is 0 Å². The second-order valence-corrected chi connectivity index (χ2v) is 3.37. The summed E-state index contributed by atoms with van der Waals surface area (Å²) in [6.07, 6.45) is 0.690. The Kier molecular flexibility index (Phi) is 3.71. The second kappa shape index (κ2) is 4.61. The Balaban J connectivity index is 2.19. The molecule has 0 aliphatic rings. The van der Waals surface area contributed by atoms with Gasteiger partial charge in [-0.1, -0.05) is 0 Å². The molecule has 1 atom stereocenters. The summed E-state index contributed by atoms with van der Waals surface area (Å²) in [7, 11) is 0. The minimum Gasteiger partial charge on any atom is -0.284 e. The van der Waals surface area contributed by atoms with Crippen LogP contribution < -0.4 is 0 Å². The van der Waals surface area contributed by atoms with Gasteiger partial charge in [0.05, 0.1) is 6.61 Å². The lowest BCUT2D eigenvalue weighted by Crippen LogP contribution is -1.99. The first-order chi connectivity index (χ1) is 5.29. The molecular weight excluding hydrogens is 184 g/mol. The van der Waals surface area contributed by atoms with E-state index in [9.17, 15) is 4.21 Å². The van der Waals surface area contributed by atoms with Gasteiger partial charge in [-0.15, -0.1) is 0 Å². The molecule has 1 N–H and O–H groups in total. The largest absolute Gasteiger partial charge is 0.301 e. The lowest BCUT2D eigenvalue weighted by atomic mass is 10.3. The van der Waals surface area contributed by atoms with Crippen LogP contribution in [-0.4, -0.2) is 15.4 Å². The monoisotopic (exact) mass is 192 g/mol. The normalized spacial score (nSPS) is 13.2. The van der Waals surface area contributed by atoms with E-state index < -0.39 is 11.4 Å². The molecule has 0 saturated carbocycles. The van der Waals surface area contributed by atoms with Gasteiger partial charge in [-0.25, -0.2) is 0 Å². The molecule has 0 aliphatic carbocycles. The number of rotatable bonds is 4. The van der Waals surface area contributed by atoms with Crippen LogP contribution in [0.15, 0.2) is 16.8 Å². The third-order valence-electron chi connectivity index (χ3n) is 1.15.